The summed E-state index contributed by atoms with van der Waals surface area (Å²) >= 11 is 1.18. The van der Waals surface area contributed by atoms with E-state index in [0.29, 0.717) is 20.8 Å². The van der Waals surface area contributed by atoms with Crippen LogP contribution < -0.4 is 4.74 Å². The fourth-order valence-corrected chi connectivity index (χ4v) is 2.72. The van der Waals surface area contributed by atoms with Gasteiger partial charge in [-0.2, -0.15) is 5.26 Å². The quantitative estimate of drug-likeness (QED) is 0.538. The number of hydrogen-bond acceptors (Lipinski definition) is 6. The Morgan fingerprint density at radius 2 is 2.14 bits per heavy atom. The molecule has 0 saturated heterocycles. The summed E-state index contributed by atoms with van der Waals surface area (Å²) < 4.78 is 20.0. The van der Waals surface area contributed by atoms with Gasteiger partial charge in [-0.3, -0.25) is 15.1 Å². The molecule has 3 aromatic rings. The molecule has 8 heteroatoms. The lowest BCUT2D eigenvalue weighted by molar-refractivity contribution is -0.385. The molecule has 0 spiro atoms. The van der Waals surface area contributed by atoms with Crippen molar-refractivity contribution in [3.8, 4) is 17.6 Å². The molecule has 0 aliphatic carbocycles. The monoisotopic (exact) mass is 315 g/mol. The minimum atomic E-state index is -0.837. The number of nitro benzene ring substituents is 1. The summed E-state index contributed by atoms with van der Waals surface area (Å²) in [5, 5.41) is 19.5. The van der Waals surface area contributed by atoms with Gasteiger partial charge in [0, 0.05) is 18.3 Å². The van der Waals surface area contributed by atoms with Gasteiger partial charge >= 0.3 is 0 Å². The van der Waals surface area contributed by atoms with E-state index in [1.807, 2.05) is 6.07 Å². The van der Waals surface area contributed by atoms with Crippen molar-refractivity contribution >= 4 is 27.2 Å². The van der Waals surface area contributed by atoms with Crippen molar-refractivity contribution in [1.82, 2.24) is 4.98 Å². The fourth-order valence-electron chi connectivity index (χ4n) is 1.85. The van der Waals surface area contributed by atoms with E-state index >= 15 is 0 Å². The first-order chi connectivity index (χ1) is 10.6. The fraction of sp³-hybridized carbons (Fsp3) is 0. The van der Waals surface area contributed by atoms with E-state index in [-0.39, 0.29) is 11.4 Å². The number of pyridine rings is 1. The number of aromatic nitrogens is 1. The zero-order chi connectivity index (χ0) is 15.7. The molecule has 0 N–H and O–H groups in total. The largest absolute Gasteiger partial charge is 0.453 e. The van der Waals surface area contributed by atoms with Crippen LogP contribution in [0.3, 0.4) is 0 Å². The highest BCUT2D eigenvalue weighted by molar-refractivity contribution is 7.19. The summed E-state index contributed by atoms with van der Waals surface area (Å²) in [7, 11) is 0. The maximum atomic E-state index is 13.9. The van der Waals surface area contributed by atoms with Crippen molar-refractivity contribution in [3.05, 3.63) is 57.3 Å². The van der Waals surface area contributed by atoms with E-state index in [0.717, 1.165) is 12.1 Å². The zero-order valence-corrected chi connectivity index (χ0v) is 11.6. The Morgan fingerprint density at radius 3 is 2.82 bits per heavy atom. The normalized spacial score (nSPS) is 10.4. The Labute approximate surface area is 127 Å². The molecule has 0 bridgehead atoms. The standard InChI is InChI=1S/C14H6FN3O3S/c15-10-5-8(18(19)20)1-2-12(10)21-13-3-4-17-11-6-9(7-16)22-14(11)13/h1-6H. The lowest BCUT2D eigenvalue weighted by atomic mass is 10.3. The van der Waals surface area contributed by atoms with Gasteiger partial charge in [0.05, 0.1) is 21.2 Å². The Kier molecular flexibility index (Phi) is 3.40. The van der Waals surface area contributed by atoms with Crippen LogP contribution in [0.1, 0.15) is 4.88 Å². The van der Waals surface area contributed by atoms with E-state index in [1.54, 1.807) is 12.1 Å². The molecule has 1 aromatic carbocycles. The highest BCUT2D eigenvalue weighted by Crippen LogP contribution is 2.35. The van der Waals surface area contributed by atoms with Gasteiger partial charge in [-0.05, 0) is 12.1 Å². The lowest BCUT2D eigenvalue weighted by Gasteiger charge is -2.07. The van der Waals surface area contributed by atoms with Crippen molar-refractivity contribution < 1.29 is 14.1 Å². The predicted molar refractivity (Wildman–Crippen MR) is 77.5 cm³/mol. The molecule has 0 saturated carbocycles. The minimum Gasteiger partial charge on any atom is -0.453 e. The Morgan fingerprint density at radius 1 is 1.32 bits per heavy atom. The van der Waals surface area contributed by atoms with Gasteiger partial charge in [0.2, 0.25) is 0 Å². The third kappa shape index (κ3) is 2.45. The molecular formula is C14H6FN3O3S. The van der Waals surface area contributed by atoms with E-state index in [1.165, 1.54) is 23.6 Å². The molecule has 0 aliphatic rings. The summed E-state index contributed by atoms with van der Waals surface area (Å²) in [5.41, 5.74) is 0.217. The molecule has 22 heavy (non-hydrogen) atoms. The van der Waals surface area contributed by atoms with E-state index in [2.05, 4.69) is 4.98 Å². The average molecular weight is 315 g/mol. The maximum Gasteiger partial charge on any atom is 0.272 e. The van der Waals surface area contributed by atoms with Crippen molar-refractivity contribution in [2.75, 3.05) is 0 Å². The van der Waals surface area contributed by atoms with Crippen molar-refractivity contribution in [2.24, 2.45) is 0 Å². The van der Waals surface area contributed by atoms with Crippen LogP contribution in [-0.4, -0.2) is 9.91 Å². The molecule has 0 amide bonds. The number of fused-ring (bicyclic) bond motifs is 1. The Hall–Kier alpha value is -3.05. The van der Waals surface area contributed by atoms with E-state index in [9.17, 15) is 14.5 Å². The van der Waals surface area contributed by atoms with Gasteiger partial charge in [-0.15, -0.1) is 11.3 Å². The van der Waals surface area contributed by atoms with Gasteiger partial charge in [0.25, 0.3) is 5.69 Å². The third-order valence-electron chi connectivity index (χ3n) is 2.83. The van der Waals surface area contributed by atoms with Gasteiger partial charge in [-0.25, -0.2) is 4.39 Å². The second-order valence-corrected chi connectivity index (χ2v) is 5.27. The minimum absolute atomic E-state index is 0.134. The number of nitriles is 1. The number of rotatable bonds is 3. The van der Waals surface area contributed by atoms with Crippen LogP contribution in [0, 0.1) is 27.3 Å². The zero-order valence-electron chi connectivity index (χ0n) is 10.8. The molecule has 3 rings (SSSR count). The second kappa shape index (κ2) is 5.38. The number of thiophene rings is 1. The SMILES string of the molecule is N#Cc1cc2nccc(Oc3ccc([N+](=O)[O-])cc3F)c2s1. The van der Waals surface area contributed by atoms with Crippen LogP contribution >= 0.6 is 11.3 Å². The summed E-state index contributed by atoms with van der Waals surface area (Å²) in [6, 6.07) is 8.31. The number of halogens is 1. The van der Waals surface area contributed by atoms with Crippen LogP contribution in [0.4, 0.5) is 10.1 Å². The van der Waals surface area contributed by atoms with Gasteiger partial charge in [-0.1, -0.05) is 0 Å². The smallest absolute Gasteiger partial charge is 0.272 e. The Bertz CT molecular complexity index is 933. The molecule has 0 fully saturated rings. The van der Waals surface area contributed by atoms with Crippen LogP contribution in [0.5, 0.6) is 11.5 Å². The molecule has 2 heterocycles. The van der Waals surface area contributed by atoms with Crippen LogP contribution in [-0.2, 0) is 0 Å². The summed E-state index contributed by atoms with van der Waals surface area (Å²) in [6.07, 6.45) is 1.48. The van der Waals surface area contributed by atoms with Crippen molar-refractivity contribution in [2.45, 2.75) is 0 Å². The molecule has 108 valence electrons. The first-order valence-corrected chi connectivity index (χ1v) is 6.80. The van der Waals surface area contributed by atoms with Crippen molar-refractivity contribution in [1.29, 1.82) is 5.26 Å². The molecule has 6 nitrogen and oxygen atoms in total. The topological polar surface area (TPSA) is 89.0 Å². The van der Waals surface area contributed by atoms with Crippen molar-refractivity contribution in [3.63, 3.8) is 0 Å². The van der Waals surface area contributed by atoms with E-state index in [4.69, 9.17) is 10.00 Å². The van der Waals surface area contributed by atoms with Gasteiger partial charge < -0.3 is 4.74 Å². The number of benzene rings is 1. The first-order valence-electron chi connectivity index (χ1n) is 5.99. The lowest BCUT2D eigenvalue weighted by Crippen LogP contribution is -1.92. The highest BCUT2D eigenvalue weighted by Gasteiger charge is 2.14. The van der Waals surface area contributed by atoms with Crippen LogP contribution in [0.15, 0.2) is 36.5 Å². The third-order valence-corrected chi connectivity index (χ3v) is 3.88. The van der Waals surface area contributed by atoms with Gasteiger partial charge in [0.1, 0.15) is 16.7 Å². The summed E-state index contributed by atoms with van der Waals surface area (Å²) in [4.78, 5) is 14.5. The maximum absolute atomic E-state index is 13.9. The average Bonchev–Trinajstić information content (AvgIpc) is 2.93. The van der Waals surface area contributed by atoms with Gasteiger partial charge in [0.15, 0.2) is 11.6 Å². The first kappa shape index (κ1) is 13.9. The highest BCUT2D eigenvalue weighted by atomic mass is 32.1. The number of nitrogens with zero attached hydrogens (tertiary/aromatic N) is 3. The summed E-state index contributed by atoms with van der Waals surface area (Å²) in [6.45, 7) is 0. The molecule has 0 atom stereocenters. The number of non-ortho nitro benzene ring substituents is 1. The second-order valence-electron chi connectivity index (χ2n) is 4.22. The predicted octanol–water partition coefficient (Wildman–Crippen LogP) is 4.01. The summed E-state index contributed by atoms with van der Waals surface area (Å²) in [5.74, 6) is -0.634. The Balaban J connectivity index is 2.02. The molecule has 0 radical (unpaired) electrons. The van der Waals surface area contributed by atoms with E-state index < -0.39 is 10.7 Å². The molecular weight excluding hydrogens is 309 g/mol. The number of hydrogen-bond donors (Lipinski definition) is 0. The molecule has 0 aliphatic heterocycles. The molecule has 2 aromatic heterocycles. The molecule has 0 unspecified atom stereocenters. The van der Waals surface area contributed by atoms with Crippen LogP contribution in [0.25, 0.3) is 10.2 Å². The number of nitro groups is 1. The number of ether oxygens (including phenoxy) is 1. The van der Waals surface area contributed by atoms with Crippen LogP contribution in [0.2, 0.25) is 0 Å².